The van der Waals surface area contributed by atoms with Gasteiger partial charge in [0, 0.05) is 45.5 Å². The summed E-state index contributed by atoms with van der Waals surface area (Å²) in [5.74, 6) is 1.34. The molecule has 1 aliphatic rings. The third-order valence-corrected chi connectivity index (χ3v) is 4.47. The summed E-state index contributed by atoms with van der Waals surface area (Å²) in [7, 11) is 0. The van der Waals surface area contributed by atoms with Crippen molar-refractivity contribution < 1.29 is 17.9 Å². The summed E-state index contributed by atoms with van der Waals surface area (Å²) in [6, 6.07) is 2.38. The Balaban J connectivity index is 0.00000420. The average molecular weight is 529 g/mol. The molecule has 0 saturated carbocycles. The fourth-order valence-corrected chi connectivity index (χ4v) is 3.04. The number of nitrogens with zero attached hydrogens (tertiary/aromatic N) is 3. The van der Waals surface area contributed by atoms with Crippen molar-refractivity contribution in [1.29, 1.82) is 0 Å². The van der Waals surface area contributed by atoms with Gasteiger partial charge in [0.05, 0.1) is 11.7 Å². The first-order valence-electron chi connectivity index (χ1n) is 9.86. The van der Waals surface area contributed by atoms with Crippen LogP contribution in [0, 0.1) is 0 Å². The van der Waals surface area contributed by atoms with E-state index in [1.807, 2.05) is 13.8 Å². The fraction of sp³-hybridized carbons (Fsp3) is 0.684. The van der Waals surface area contributed by atoms with E-state index >= 15 is 0 Å². The molecule has 0 bridgehead atoms. The number of aliphatic imine (C=N–C) groups is 1. The molecule has 6 nitrogen and oxygen atoms in total. The lowest BCUT2D eigenvalue weighted by atomic mass is 10.1. The lowest BCUT2D eigenvalue weighted by Gasteiger charge is -2.34. The number of ether oxygens (including phenoxy) is 1. The van der Waals surface area contributed by atoms with Crippen molar-refractivity contribution in [2.24, 2.45) is 4.99 Å². The maximum Gasteiger partial charge on any atom is 0.417 e. The molecule has 0 radical (unpaired) electrons. The molecular weight excluding hydrogens is 498 g/mol. The van der Waals surface area contributed by atoms with Crippen molar-refractivity contribution in [2.45, 2.75) is 45.4 Å². The van der Waals surface area contributed by atoms with Crippen molar-refractivity contribution in [1.82, 2.24) is 15.2 Å². The number of likely N-dealkylation sites (tertiary alicyclic amines) is 1. The highest BCUT2D eigenvalue weighted by Gasteiger charge is 2.30. The van der Waals surface area contributed by atoms with E-state index < -0.39 is 11.7 Å². The standard InChI is InChI=1S/C19H30F3N5O.HI/c1-3-23-18(27-12-8-16(9-13-27)28-4-2)25-11-5-10-24-17-7-6-15(14-26-17)19(20,21)22;/h6-7,14,16H,3-5,8-13H2,1-2H3,(H,23,25)(H,24,26);1H. The lowest BCUT2D eigenvalue weighted by Crippen LogP contribution is -2.47. The van der Waals surface area contributed by atoms with Crippen LogP contribution in [-0.2, 0) is 10.9 Å². The first-order chi connectivity index (χ1) is 13.4. The second kappa shape index (κ2) is 13.1. The van der Waals surface area contributed by atoms with Gasteiger partial charge in [0.15, 0.2) is 5.96 Å². The zero-order chi connectivity index (χ0) is 20.4. The Kier molecular flexibility index (Phi) is 11.6. The molecular formula is C19H31F3IN5O. The van der Waals surface area contributed by atoms with Crippen LogP contribution in [0.25, 0.3) is 0 Å². The molecule has 0 aromatic carbocycles. The molecule has 0 spiro atoms. The highest BCUT2D eigenvalue weighted by atomic mass is 127. The van der Waals surface area contributed by atoms with Crippen LogP contribution in [-0.4, -0.2) is 61.3 Å². The number of guanidine groups is 1. The molecule has 29 heavy (non-hydrogen) atoms. The number of nitrogens with one attached hydrogen (secondary N) is 2. The molecule has 1 aromatic rings. The van der Waals surface area contributed by atoms with Gasteiger partial charge in [-0.25, -0.2) is 4.98 Å². The van der Waals surface area contributed by atoms with Gasteiger partial charge >= 0.3 is 6.18 Å². The highest BCUT2D eigenvalue weighted by Crippen LogP contribution is 2.28. The summed E-state index contributed by atoms with van der Waals surface area (Å²) in [6.07, 6.45) is -0.425. The van der Waals surface area contributed by atoms with Crippen molar-refractivity contribution >= 4 is 35.8 Å². The van der Waals surface area contributed by atoms with Crippen molar-refractivity contribution in [3.05, 3.63) is 23.9 Å². The maximum absolute atomic E-state index is 12.5. The van der Waals surface area contributed by atoms with Crippen LogP contribution >= 0.6 is 24.0 Å². The number of hydrogen-bond acceptors (Lipinski definition) is 4. The Bertz CT molecular complexity index is 605. The molecule has 2 N–H and O–H groups in total. The second-order valence-electron chi connectivity index (χ2n) is 6.59. The van der Waals surface area contributed by atoms with Crippen LogP contribution in [0.5, 0.6) is 0 Å². The average Bonchev–Trinajstić information content (AvgIpc) is 2.67. The molecule has 1 fully saturated rings. The number of rotatable bonds is 8. The van der Waals surface area contributed by atoms with Crippen LogP contribution in [0.4, 0.5) is 19.0 Å². The Labute approximate surface area is 187 Å². The normalized spacial score (nSPS) is 15.8. The molecule has 2 heterocycles. The van der Waals surface area contributed by atoms with Crippen molar-refractivity contribution in [2.75, 3.05) is 44.6 Å². The van der Waals surface area contributed by atoms with Crippen LogP contribution in [0.3, 0.4) is 0 Å². The molecule has 0 aliphatic carbocycles. The minimum absolute atomic E-state index is 0. The topological polar surface area (TPSA) is 61.8 Å². The van der Waals surface area contributed by atoms with Crippen LogP contribution in [0.2, 0.25) is 0 Å². The van der Waals surface area contributed by atoms with E-state index in [4.69, 9.17) is 4.74 Å². The summed E-state index contributed by atoms with van der Waals surface area (Å²) in [4.78, 5) is 10.7. The molecule has 10 heteroatoms. The largest absolute Gasteiger partial charge is 0.417 e. The molecule has 1 aliphatic heterocycles. The zero-order valence-corrected chi connectivity index (χ0v) is 19.3. The number of alkyl halides is 3. The number of halogens is 4. The van der Waals surface area contributed by atoms with Gasteiger partial charge in [0.2, 0.25) is 0 Å². The molecule has 2 rings (SSSR count). The predicted octanol–water partition coefficient (Wildman–Crippen LogP) is 3.99. The smallest absolute Gasteiger partial charge is 0.378 e. The van der Waals surface area contributed by atoms with E-state index in [1.54, 1.807) is 0 Å². The van der Waals surface area contributed by atoms with Gasteiger partial charge in [0.25, 0.3) is 0 Å². The minimum Gasteiger partial charge on any atom is -0.378 e. The highest BCUT2D eigenvalue weighted by molar-refractivity contribution is 14.0. The monoisotopic (exact) mass is 529 g/mol. The van der Waals surface area contributed by atoms with Crippen molar-refractivity contribution in [3.63, 3.8) is 0 Å². The number of aromatic nitrogens is 1. The SMILES string of the molecule is CCNC(=NCCCNc1ccc(C(F)(F)F)cn1)N1CCC(OCC)CC1.I. The third kappa shape index (κ3) is 8.93. The van der Waals surface area contributed by atoms with Gasteiger partial charge in [-0.2, -0.15) is 13.2 Å². The van der Waals surface area contributed by atoms with Gasteiger partial charge in [-0.1, -0.05) is 0 Å². The van der Waals surface area contributed by atoms with Crippen LogP contribution in [0.1, 0.15) is 38.7 Å². The first-order valence-corrected chi connectivity index (χ1v) is 9.86. The molecule has 0 atom stereocenters. The van der Waals surface area contributed by atoms with Gasteiger partial charge < -0.3 is 20.3 Å². The molecule has 166 valence electrons. The van der Waals surface area contributed by atoms with E-state index in [9.17, 15) is 13.2 Å². The van der Waals surface area contributed by atoms with E-state index in [-0.39, 0.29) is 24.0 Å². The van der Waals surface area contributed by atoms with E-state index in [0.29, 0.717) is 25.0 Å². The molecule has 1 aromatic heterocycles. The Morgan fingerprint density at radius 2 is 2.00 bits per heavy atom. The van der Waals surface area contributed by atoms with Gasteiger partial charge in [-0.15, -0.1) is 24.0 Å². The van der Waals surface area contributed by atoms with Crippen LogP contribution in [0.15, 0.2) is 23.3 Å². The maximum atomic E-state index is 12.5. The van der Waals surface area contributed by atoms with E-state index in [1.165, 1.54) is 6.07 Å². The van der Waals surface area contributed by atoms with Gasteiger partial charge in [-0.3, -0.25) is 4.99 Å². The molecule has 0 unspecified atom stereocenters. The lowest BCUT2D eigenvalue weighted by molar-refractivity contribution is -0.137. The second-order valence-corrected chi connectivity index (χ2v) is 6.59. The quantitative estimate of drug-likeness (QED) is 0.231. The third-order valence-electron chi connectivity index (χ3n) is 4.47. The number of anilines is 1. The summed E-state index contributed by atoms with van der Waals surface area (Å²) in [5, 5.41) is 6.35. The molecule has 1 saturated heterocycles. The minimum atomic E-state index is -4.36. The van der Waals surface area contributed by atoms with E-state index in [2.05, 4.69) is 25.5 Å². The summed E-state index contributed by atoms with van der Waals surface area (Å²) >= 11 is 0. The van der Waals surface area contributed by atoms with Gasteiger partial charge in [-0.05, 0) is 45.2 Å². The number of piperidine rings is 1. The Morgan fingerprint density at radius 1 is 1.28 bits per heavy atom. The Morgan fingerprint density at radius 3 is 2.55 bits per heavy atom. The van der Waals surface area contributed by atoms with Crippen LogP contribution < -0.4 is 10.6 Å². The summed E-state index contributed by atoms with van der Waals surface area (Å²) in [5.41, 5.74) is -0.744. The molecule has 0 amide bonds. The van der Waals surface area contributed by atoms with E-state index in [0.717, 1.165) is 63.7 Å². The summed E-state index contributed by atoms with van der Waals surface area (Å²) in [6.45, 7) is 8.67. The fourth-order valence-electron chi connectivity index (χ4n) is 3.04. The van der Waals surface area contributed by atoms with Crippen molar-refractivity contribution in [3.8, 4) is 0 Å². The first kappa shape index (κ1) is 25.7. The number of hydrogen-bond donors (Lipinski definition) is 2. The summed E-state index contributed by atoms with van der Waals surface area (Å²) < 4.78 is 43.3. The predicted molar refractivity (Wildman–Crippen MR) is 120 cm³/mol. The Hall–Kier alpha value is -1.30. The number of pyridine rings is 1. The zero-order valence-electron chi connectivity index (χ0n) is 17.0. The van der Waals surface area contributed by atoms with Gasteiger partial charge in [0.1, 0.15) is 5.82 Å².